The fraction of sp³-hybridized carbons (Fsp3) is 1.00. The molecule has 0 spiro atoms. The molecule has 0 amide bonds. The van der Waals surface area contributed by atoms with Crippen LogP contribution >= 0.6 is 0 Å². The van der Waals surface area contributed by atoms with Crippen LogP contribution in [0.15, 0.2) is 0 Å². The number of hydrogen-bond donors (Lipinski definition) is 20. The third-order valence-corrected chi connectivity index (χ3v) is 13.3. The molecule has 7 rings (SSSR count). The average Bonchev–Trinajstić information content (AvgIpc) is 3.36. The van der Waals surface area contributed by atoms with Crippen molar-refractivity contribution in [3.8, 4) is 0 Å². The van der Waals surface area contributed by atoms with Crippen LogP contribution in [0, 0.1) is 0 Å². The molecule has 0 unspecified atom stereocenters. The summed E-state index contributed by atoms with van der Waals surface area (Å²) in [4.78, 5) is 0. The third-order valence-electron chi connectivity index (χ3n) is 13.3. The number of rotatable bonds is 16. The number of ether oxygens (including phenoxy) is 13. The zero-order valence-corrected chi connectivity index (χ0v) is 37.7. The molecule has 7 aliphatic rings. The Morgan fingerprint density at radius 2 is 0.597 bits per heavy atom. The lowest BCUT2D eigenvalue weighted by Crippen LogP contribution is -2.68. The molecule has 20 N–H and O–H groups in total. The van der Waals surface area contributed by atoms with Gasteiger partial charge in [0.05, 0.1) is 46.2 Å². The van der Waals surface area contributed by atoms with Crippen molar-refractivity contribution >= 4 is 0 Å². The van der Waals surface area contributed by atoms with E-state index in [2.05, 4.69) is 0 Å². The van der Waals surface area contributed by atoms with Crippen LogP contribution in [0.5, 0.6) is 0 Å². The van der Waals surface area contributed by atoms with Gasteiger partial charge in [-0.05, 0) is 0 Å². The first-order valence-corrected chi connectivity index (χ1v) is 22.9. The Morgan fingerprint density at radius 1 is 0.292 bits per heavy atom. The van der Waals surface area contributed by atoms with Crippen LogP contribution in [-0.4, -0.2) is 345 Å². The van der Waals surface area contributed by atoms with Gasteiger partial charge in [0.2, 0.25) is 0 Å². The average molecular weight is 1060 g/mol. The molecule has 0 saturated carbocycles. The summed E-state index contributed by atoms with van der Waals surface area (Å²) >= 11 is 0. The molecule has 32 atom stereocenters. The fourth-order valence-corrected chi connectivity index (χ4v) is 8.85. The van der Waals surface area contributed by atoms with E-state index in [9.17, 15) is 102 Å². The lowest BCUT2D eigenvalue weighted by Gasteiger charge is -2.49. The first kappa shape index (κ1) is 58.4. The molecule has 0 aromatic heterocycles. The molecule has 0 bridgehead atoms. The van der Waals surface area contributed by atoms with E-state index in [4.69, 9.17) is 61.6 Å². The van der Waals surface area contributed by atoms with E-state index in [0.29, 0.717) is 0 Å². The largest absolute Gasteiger partial charge is 0.394 e. The van der Waals surface area contributed by atoms with E-state index in [0.717, 1.165) is 0 Å². The number of aliphatic hydroxyl groups excluding tert-OH is 20. The topological polar surface area (TPSA) is 525 Å². The molecule has 33 heteroatoms. The maximum Gasteiger partial charge on any atom is 0.187 e. The standard InChI is InChI=1S/C39H66O33/c40-1-11-30(20(49)23(52)33(59)66-11)70-38-28(57)21(50)32(14(68-38)7-65-36-26(55)17(46)10(43)4-62-36)72-39-29(58)22(51)31(13(69-39)6-64-35-25(54)16(45)9(42)3-61-35)71-37-27(56)19(48)18(47)12(67-37)5-63-34-24(53)15(44)8(41)2-60-34/h8-59H,1-7H2/t8-,9-,10-,11-,12-,13-,14-,15+,16+,17+,18-,19+,20-,21-,22-,23-,24-,25-,26-,27-,28-,29-,30-,31-,32-,33+,34-,35-,36-,37+,38+,39+/m1/s1. The molecule has 0 aromatic rings. The SMILES string of the molecule is OC[C@H]1O[C@H](O)[C@H](O)[C@@H](O)[C@@H]1O[C@@H]1O[C@H](CO[C@H]2OC[C@@H](O)[C@H](O)[C@H]2O)[C@@H](O[C@@H]2O[C@H](CO[C@H]3OC[C@@H](O)[C@H](O)[C@H]3O)[C@@H](O[C@@H]3O[C@H](CO[C@H]4OC[C@@H](O)[C@H](O)[C@H]4O)[C@@H](O)[C@H](O)[C@H]3O)[C@H](O)[C@H]2O)[C@H](O)[C@H]1O. The molecular weight excluding hydrogens is 996 g/mol. The van der Waals surface area contributed by atoms with Crippen LogP contribution in [0.4, 0.5) is 0 Å². The minimum atomic E-state index is -2.30. The van der Waals surface area contributed by atoms with E-state index >= 15 is 0 Å². The van der Waals surface area contributed by atoms with Gasteiger partial charge in [-0.15, -0.1) is 0 Å². The van der Waals surface area contributed by atoms with Gasteiger partial charge in [0.15, 0.2) is 44.0 Å². The maximum atomic E-state index is 11.7. The fourth-order valence-electron chi connectivity index (χ4n) is 8.85. The van der Waals surface area contributed by atoms with E-state index in [1.165, 1.54) is 0 Å². The van der Waals surface area contributed by atoms with Gasteiger partial charge in [-0.25, -0.2) is 0 Å². The molecule has 33 nitrogen and oxygen atoms in total. The summed E-state index contributed by atoms with van der Waals surface area (Å²) < 4.78 is 72.6. The third kappa shape index (κ3) is 12.5. The zero-order valence-electron chi connectivity index (χ0n) is 37.7. The Kier molecular flexibility index (Phi) is 20.3. The molecule has 0 radical (unpaired) electrons. The Bertz CT molecular complexity index is 1660. The summed E-state index contributed by atoms with van der Waals surface area (Å²) in [5.41, 5.74) is 0. The monoisotopic (exact) mass is 1060 g/mol. The first-order valence-electron chi connectivity index (χ1n) is 22.9. The highest BCUT2D eigenvalue weighted by Gasteiger charge is 2.56. The molecule has 7 aliphatic heterocycles. The lowest BCUT2D eigenvalue weighted by atomic mass is 9.95. The highest BCUT2D eigenvalue weighted by Crippen LogP contribution is 2.36. The van der Waals surface area contributed by atoms with Gasteiger partial charge in [0.1, 0.15) is 153 Å². The van der Waals surface area contributed by atoms with E-state index in [1.54, 1.807) is 0 Å². The van der Waals surface area contributed by atoms with Gasteiger partial charge in [0, 0.05) is 0 Å². The molecule has 7 heterocycles. The Balaban J connectivity index is 1.11. The van der Waals surface area contributed by atoms with Gasteiger partial charge >= 0.3 is 0 Å². The van der Waals surface area contributed by atoms with Gasteiger partial charge in [0.25, 0.3) is 0 Å². The van der Waals surface area contributed by atoms with Crippen LogP contribution in [-0.2, 0) is 61.6 Å². The second kappa shape index (κ2) is 25.0. The maximum absolute atomic E-state index is 11.7. The predicted molar refractivity (Wildman–Crippen MR) is 214 cm³/mol. The Morgan fingerprint density at radius 3 is 0.972 bits per heavy atom. The van der Waals surface area contributed by atoms with Crippen molar-refractivity contribution in [1.29, 1.82) is 0 Å². The van der Waals surface area contributed by atoms with Crippen LogP contribution in [0.25, 0.3) is 0 Å². The first-order chi connectivity index (χ1) is 34.0. The second-order valence-electron chi connectivity index (χ2n) is 18.3. The smallest absolute Gasteiger partial charge is 0.187 e. The van der Waals surface area contributed by atoms with Crippen LogP contribution in [0.2, 0.25) is 0 Å². The Labute approximate surface area is 406 Å². The zero-order chi connectivity index (χ0) is 52.6. The number of hydrogen-bond acceptors (Lipinski definition) is 33. The Hall–Kier alpha value is -1.32. The van der Waals surface area contributed by atoms with Crippen molar-refractivity contribution in [3.63, 3.8) is 0 Å². The predicted octanol–water partition coefficient (Wildman–Crippen LogP) is -14.4. The van der Waals surface area contributed by atoms with Gasteiger partial charge in [-0.3, -0.25) is 0 Å². The minimum Gasteiger partial charge on any atom is -0.394 e. The lowest BCUT2D eigenvalue weighted by molar-refractivity contribution is -0.393. The molecule has 420 valence electrons. The van der Waals surface area contributed by atoms with E-state index in [-0.39, 0.29) is 0 Å². The van der Waals surface area contributed by atoms with Crippen molar-refractivity contribution in [2.45, 2.75) is 197 Å². The quantitative estimate of drug-likeness (QED) is 0.0682. The molecule has 0 aliphatic carbocycles. The summed E-state index contributed by atoms with van der Waals surface area (Å²) in [6.07, 6.45) is -60.4. The molecular formula is C39H66O33. The van der Waals surface area contributed by atoms with Crippen molar-refractivity contribution in [1.82, 2.24) is 0 Å². The van der Waals surface area contributed by atoms with Gasteiger partial charge in [-0.1, -0.05) is 0 Å². The normalized spacial score (nSPS) is 53.8. The van der Waals surface area contributed by atoms with Crippen LogP contribution in [0.1, 0.15) is 0 Å². The van der Waals surface area contributed by atoms with Crippen molar-refractivity contribution in [3.05, 3.63) is 0 Å². The van der Waals surface area contributed by atoms with Crippen LogP contribution in [0.3, 0.4) is 0 Å². The molecule has 72 heavy (non-hydrogen) atoms. The summed E-state index contributed by atoms with van der Waals surface area (Å²) in [6, 6.07) is 0. The highest BCUT2D eigenvalue weighted by molar-refractivity contribution is 4.99. The summed E-state index contributed by atoms with van der Waals surface area (Å²) in [5.74, 6) is 0. The number of aliphatic hydroxyl groups is 20. The summed E-state index contributed by atoms with van der Waals surface area (Å²) in [5, 5.41) is 211. The summed E-state index contributed by atoms with van der Waals surface area (Å²) in [7, 11) is 0. The summed E-state index contributed by atoms with van der Waals surface area (Å²) in [6.45, 7) is -4.95. The van der Waals surface area contributed by atoms with Crippen molar-refractivity contribution in [2.75, 3.05) is 46.2 Å². The van der Waals surface area contributed by atoms with E-state index in [1.807, 2.05) is 0 Å². The van der Waals surface area contributed by atoms with Crippen LogP contribution < -0.4 is 0 Å². The molecule has 0 aromatic carbocycles. The van der Waals surface area contributed by atoms with E-state index < -0.39 is 243 Å². The van der Waals surface area contributed by atoms with Gasteiger partial charge in [-0.2, -0.15) is 0 Å². The van der Waals surface area contributed by atoms with Gasteiger partial charge < -0.3 is 164 Å². The minimum absolute atomic E-state index is 0.471. The van der Waals surface area contributed by atoms with Crippen molar-refractivity contribution < 1.29 is 164 Å². The second-order valence-corrected chi connectivity index (χ2v) is 18.3. The molecule has 7 saturated heterocycles. The molecule has 7 fully saturated rings. The van der Waals surface area contributed by atoms with Crippen molar-refractivity contribution in [2.24, 2.45) is 0 Å². The highest BCUT2D eigenvalue weighted by atomic mass is 16.8.